The standard InChI is InChI=1S/C8H12BrN.C2H6/c1-7(9)5-3-4-6-8(2)10;1-2/h3-7,10H,1-2H3;1-2H3/b5-3-,6-4-,10-8?;. The molecule has 0 aliphatic heterocycles. The van der Waals surface area contributed by atoms with Crippen molar-refractivity contribution < 1.29 is 0 Å². The normalized spacial score (nSPS) is 12.8. The van der Waals surface area contributed by atoms with Gasteiger partial charge in [0.05, 0.1) is 0 Å². The lowest BCUT2D eigenvalue weighted by Crippen LogP contribution is -1.79. The van der Waals surface area contributed by atoms with Crippen molar-refractivity contribution in [2.24, 2.45) is 0 Å². The summed E-state index contributed by atoms with van der Waals surface area (Å²) < 4.78 is 0. The predicted octanol–water partition coefficient (Wildman–Crippen LogP) is 3.95. The molecule has 0 aliphatic carbocycles. The van der Waals surface area contributed by atoms with Crippen LogP contribution in [-0.4, -0.2) is 10.5 Å². The lowest BCUT2D eigenvalue weighted by molar-refractivity contribution is 1.27. The van der Waals surface area contributed by atoms with Crippen molar-refractivity contribution in [3.05, 3.63) is 24.3 Å². The minimum atomic E-state index is 0.406. The molecule has 0 amide bonds. The molecule has 0 fully saturated rings. The maximum Gasteiger partial charge on any atom is 0.0300 e. The van der Waals surface area contributed by atoms with Gasteiger partial charge < -0.3 is 5.41 Å². The molecule has 0 aromatic rings. The molecule has 0 saturated heterocycles. The van der Waals surface area contributed by atoms with E-state index in [0.717, 1.165) is 0 Å². The number of allylic oxidation sites excluding steroid dienone is 4. The van der Waals surface area contributed by atoms with E-state index in [0.29, 0.717) is 10.5 Å². The third-order valence-electron chi connectivity index (χ3n) is 0.834. The van der Waals surface area contributed by atoms with Crippen molar-refractivity contribution in [2.75, 3.05) is 0 Å². The van der Waals surface area contributed by atoms with Crippen LogP contribution in [0.15, 0.2) is 24.3 Å². The third kappa shape index (κ3) is 16.3. The number of hydrogen-bond donors (Lipinski definition) is 1. The maximum absolute atomic E-state index is 7.05. The molecule has 0 aliphatic rings. The molecule has 0 bridgehead atoms. The Balaban J connectivity index is 0. The van der Waals surface area contributed by atoms with E-state index in [4.69, 9.17) is 5.41 Å². The predicted molar refractivity (Wildman–Crippen MR) is 61.4 cm³/mol. The fraction of sp³-hybridized carbons (Fsp3) is 0.500. The Morgan fingerprint density at radius 2 is 1.83 bits per heavy atom. The number of halogens is 1. The number of hydrogen-bond acceptors (Lipinski definition) is 1. The van der Waals surface area contributed by atoms with E-state index in [1.165, 1.54) is 0 Å². The smallest absolute Gasteiger partial charge is 0.0300 e. The Morgan fingerprint density at radius 1 is 1.33 bits per heavy atom. The topological polar surface area (TPSA) is 23.9 Å². The second kappa shape index (κ2) is 10.6. The van der Waals surface area contributed by atoms with Gasteiger partial charge in [-0.05, 0) is 19.9 Å². The lowest BCUT2D eigenvalue weighted by Gasteiger charge is -1.86. The maximum atomic E-state index is 7.05. The first-order valence-corrected chi connectivity index (χ1v) is 5.08. The SMILES string of the molecule is CC.CC(=N)/C=C\C=C/C(C)Br. The zero-order valence-electron chi connectivity index (χ0n) is 8.26. The number of nitrogens with one attached hydrogen (secondary N) is 1. The van der Waals surface area contributed by atoms with Crippen LogP contribution in [0.4, 0.5) is 0 Å². The summed E-state index contributed by atoms with van der Waals surface area (Å²) in [7, 11) is 0. The van der Waals surface area contributed by atoms with Crippen molar-refractivity contribution in [3.8, 4) is 0 Å². The molecule has 2 heteroatoms. The Kier molecular flexibility index (Phi) is 12.6. The molecule has 12 heavy (non-hydrogen) atoms. The van der Waals surface area contributed by atoms with Gasteiger partial charge in [-0.15, -0.1) is 0 Å². The van der Waals surface area contributed by atoms with Crippen molar-refractivity contribution >= 4 is 21.6 Å². The van der Waals surface area contributed by atoms with Crippen LogP contribution in [0.25, 0.3) is 0 Å². The molecule has 1 unspecified atom stereocenters. The van der Waals surface area contributed by atoms with Gasteiger partial charge in [-0.2, -0.15) is 0 Å². The zero-order chi connectivity index (χ0) is 9.98. The third-order valence-corrected chi connectivity index (χ3v) is 1.14. The molecule has 70 valence electrons. The van der Waals surface area contributed by atoms with Crippen LogP contribution >= 0.6 is 15.9 Å². The summed E-state index contributed by atoms with van der Waals surface area (Å²) in [6.45, 7) is 7.80. The number of alkyl halides is 1. The van der Waals surface area contributed by atoms with Crippen LogP contribution in [0.5, 0.6) is 0 Å². The summed E-state index contributed by atoms with van der Waals surface area (Å²) in [5.74, 6) is 0. The monoisotopic (exact) mass is 231 g/mol. The molecular formula is C10H18BrN. The highest BCUT2D eigenvalue weighted by Gasteiger charge is 1.81. The highest BCUT2D eigenvalue weighted by molar-refractivity contribution is 9.09. The fourth-order valence-corrected chi connectivity index (χ4v) is 0.593. The van der Waals surface area contributed by atoms with E-state index in [1.807, 2.05) is 39.0 Å². The fourth-order valence-electron chi connectivity index (χ4n) is 0.417. The van der Waals surface area contributed by atoms with Gasteiger partial charge in [0.2, 0.25) is 0 Å². The van der Waals surface area contributed by atoms with E-state index >= 15 is 0 Å². The van der Waals surface area contributed by atoms with E-state index in [9.17, 15) is 0 Å². The van der Waals surface area contributed by atoms with Gasteiger partial charge in [0, 0.05) is 10.5 Å². The second-order valence-electron chi connectivity index (χ2n) is 2.10. The summed E-state index contributed by atoms with van der Waals surface area (Å²) >= 11 is 3.37. The van der Waals surface area contributed by atoms with Crippen LogP contribution in [0.1, 0.15) is 27.7 Å². The van der Waals surface area contributed by atoms with Crippen molar-refractivity contribution in [3.63, 3.8) is 0 Å². The first-order chi connectivity index (χ1) is 5.63. The molecule has 1 nitrogen and oxygen atoms in total. The molecular weight excluding hydrogens is 214 g/mol. The largest absolute Gasteiger partial charge is 0.306 e. The van der Waals surface area contributed by atoms with E-state index in [-0.39, 0.29) is 0 Å². The molecule has 0 rings (SSSR count). The molecule has 0 spiro atoms. The molecule has 0 heterocycles. The van der Waals surface area contributed by atoms with Crippen LogP contribution < -0.4 is 0 Å². The summed E-state index contributed by atoms with van der Waals surface area (Å²) in [5, 5.41) is 7.05. The molecule has 0 aromatic carbocycles. The minimum absolute atomic E-state index is 0.406. The lowest BCUT2D eigenvalue weighted by atomic mass is 10.3. The molecule has 0 saturated carbocycles. The summed E-state index contributed by atoms with van der Waals surface area (Å²) in [4.78, 5) is 0.406. The summed E-state index contributed by atoms with van der Waals surface area (Å²) in [5.41, 5.74) is 0.576. The van der Waals surface area contributed by atoms with Gasteiger partial charge in [-0.25, -0.2) is 0 Å². The van der Waals surface area contributed by atoms with Crippen LogP contribution in [0.3, 0.4) is 0 Å². The Hall–Kier alpha value is -0.370. The van der Waals surface area contributed by atoms with Gasteiger partial charge in [0.25, 0.3) is 0 Å². The first kappa shape index (κ1) is 14.2. The van der Waals surface area contributed by atoms with Gasteiger partial charge in [-0.3, -0.25) is 0 Å². The van der Waals surface area contributed by atoms with E-state index in [2.05, 4.69) is 15.9 Å². The molecule has 1 atom stereocenters. The quantitative estimate of drug-likeness (QED) is 0.433. The summed E-state index contributed by atoms with van der Waals surface area (Å²) in [6.07, 6.45) is 7.56. The van der Waals surface area contributed by atoms with Gasteiger partial charge in [0.1, 0.15) is 0 Å². The average molecular weight is 232 g/mol. The highest BCUT2D eigenvalue weighted by Crippen LogP contribution is 1.97. The summed E-state index contributed by atoms with van der Waals surface area (Å²) in [6, 6.07) is 0. The Morgan fingerprint density at radius 3 is 2.17 bits per heavy atom. The van der Waals surface area contributed by atoms with Crippen molar-refractivity contribution in [2.45, 2.75) is 32.5 Å². The van der Waals surface area contributed by atoms with Crippen LogP contribution in [0.2, 0.25) is 0 Å². The Labute approximate surface area is 84.2 Å². The Bertz CT molecular complexity index is 157. The minimum Gasteiger partial charge on any atom is -0.306 e. The van der Waals surface area contributed by atoms with Crippen molar-refractivity contribution in [1.29, 1.82) is 5.41 Å². The van der Waals surface area contributed by atoms with Crippen LogP contribution in [0, 0.1) is 5.41 Å². The van der Waals surface area contributed by atoms with Gasteiger partial charge in [0.15, 0.2) is 0 Å². The van der Waals surface area contributed by atoms with E-state index in [1.54, 1.807) is 13.0 Å². The zero-order valence-corrected chi connectivity index (χ0v) is 9.85. The number of rotatable bonds is 3. The average Bonchev–Trinajstić information content (AvgIpc) is 2.02. The molecule has 0 aromatic heterocycles. The van der Waals surface area contributed by atoms with Crippen LogP contribution in [-0.2, 0) is 0 Å². The van der Waals surface area contributed by atoms with E-state index < -0.39 is 0 Å². The second-order valence-corrected chi connectivity index (χ2v) is 3.55. The van der Waals surface area contributed by atoms with Gasteiger partial charge in [-0.1, -0.05) is 48.0 Å². The van der Waals surface area contributed by atoms with Crippen molar-refractivity contribution in [1.82, 2.24) is 0 Å². The van der Waals surface area contributed by atoms with Gasteiger partial charge >= 0.3 is 0 Å². The molecule has 0 radical (unpaired) electrons. The molecule has 1 N–H and O–H groups in total. The highest BCUT2D eigenvalue weighted by atomic mass is 79.9. The first-order valence-electron chi connectivity index (χ1n) is 4.17.